The maximum Gasteiger partial charge on any atom is 0.220 e. The van der Waals surface area contributed by atoms with Gasteiger partial charge in [0, 0.05) is 12.8 Å². The molecule has 51 heavy (non-hydrogen) atoms. The minimum absolute atomic E-state index is 0.0626. The molecule has 5 heteroatoms. The van der Waals surface area contributed by atoms with Crippen LogP contribution in [0.15, 0.2) is 25.3 Å². The van der Waals surface area contributed by atoms with Gasteiger partial charge in [-0.1, -0.05) is 206 Å². The number of unbranched alkanes of at least 4 members (excludes halogenated alkanes) is 28. The number of rotatable bonds is 40. The highest BCUT2D eigenvalue weighted by Gasteiger charge is 2.24. The van der Waals surface area contributed by atoms with Crippen LogP contribution in [0.2, 0.25) is 0 Å². The van der Waals surface area contributed by atoms with Crippen molar-refractivity contribution in [2.24, 2.45) is 0 Å². The number of ether oxygens (including phenoxy) is 1. The van der Waals surface area contributed by atoms with Crippen LogP contribution < -0.4 is 10.6 Å². The van der Waals surface area contributed by atoms with Gasteiger partial charge in [-0.15, -0.1) is 13.2 Å². The molecule has 2 N–H and O–H groups in total. The highest BCUT2D eigenvalue weighted by molar-refractivity contribution is 5.76. The van der Waals surface area contributed by atoms with Gasteiger partial charge in [-0.2, -0.15) is 0 Å². The van der Waals surface area contributed by atoms with Crippen molar-refractivity contribution in [1.82, 2.24) is 10.6 Å². The van der Waals surface area contributed by atoms with Gasteiger partial charge in [0.15, 0.2) is 0 Å². The third kappa shape index (κ3) is 32.7. The molecule has 0 fully saturated rings. The van der Waals surface area contributed by atoms with E-state index in [9.17, 15) is 9.59 Å². The molecular formula is C46H88N2O3. The predicted octanol–water partition coefficient (Wildman–Crippen LogP) is 13.6. The van der Waals surface area contributed by atoms with Gasteiger partial charge < -0.3 is 15.4 Å². The van der Waals surface area contributed by atoms with Gasteiger partial charge in [0.25, 0.3) is 0 Å². The Balaban J connectivity index is 3.94. The molecule has 0 aliphatic carbocycles. The first-order valence-corrected chi connectivity index (χ1v) is 22.4. The lowest BCUT2D eigenvalue weighted by atomic mass is 10.0. The van der Waals surface area contributed by atoms with Crippen molar-refractivity contribution in [3.63, 3.8) is 0 Å². The van der Waals surface area contributed by atoms with E-state index >= 15 is 0 Å². The second-order valence-corrected chi connectivity index (χ2v) is 15.6. The average molecular weight is 717 g/mol. The largest absolute Gasteiger partial charge is 0.363 e. The maximum absolute atomic E-state index is 12.6. The molecular weight excluding hydrogens is 629 g/mol. The summed E-state index contributed by atoms with van der Waals surface area (Å²) < 4.78 is 6.27. The highest BCUT2D eigenvalue weighted by atomic mass is 16.5. The minimum atomic E-state index is -0.368. The van der Waals surface area contributed by atoms with Crippen molar-refractivity contribution in [3.8, 4) is 0 Å². The SMILES string of the molecule is C=CC(OC(C=C)C(C)NC(=O)CCCCCCCCCCCCCCCCC)C(C)NC(=O)CCCCCCCCCCCCCCCCC. The summed E-state index contributed by atoms with van der Waals surface area (Å²) in [5.41, 5.74) is 0. The van der Waals surface area contributed by atoms with E-state index in [-0.39, 0.29) is 36.1 Å². The number of carbonyl (C=O) groups is 2. The number of carbonyl (C=O) groups excluding carboxylic acids is 2. The van der Waals surface area contributed by atoms with Crippen molar-refractivity contribution < 1.29 is 14.3 Å². The second kappa shape index (κ2) is 38.1. The molecule has 0 radical (unpaired) electrons. The summed E-state index contributed by atoms with van der Waals surface area (Å²) in [4.78, 5) is 25.3. The Hall–Kier alpha value is -1.62. The first-order chi connectivity index (χ1) is 24.9. The summed E-state index contributed by atoms with van der Waals surface area (Å²) >= 11 is 0. The van der Waals surface area contributed by atoms with Gasteiger partial charge in [-0.05, 0) is 26.7 Å². The Morgan fingerprint density at radius 3 is 0.863 bits per heavy atom. The fourth-order valence-electron chi connectivity index (χ4n) is 7.07. The zero-order chi connectivity index (χ0) is 37.6. The quantitative estimate of drug-likeness (QED) is 0.0490. The lowest BCUT2D eigenvalue weighted by molar-refractivity contribution is -0.123. The van der Waals surface area contributed by atoms with Crippen LogP contribution in [0.25, 0.3) is 0 Å². The molecule has 0 rings (SSSR count). The van der Waals surface area contributed by atoms with Gasteiger partial charge >= 0.3 is 0 Å². The van der Waals surface area contributed by atoms with Crippen LogP contribution in [0.3, 0.4) is 0 Å². The molecule has 4 unspecified atom stereocenters. The number of nitrogens with one attached hydrogen (secondary N) is 2. The van der Waals surface area contributed by atoms with E-state index in [1.54, 1.807) is 12.2 Å². The molecule has 0 bridgehead atoms. The van der Waals surface area contributed by atoms with E-state index in [2.05, 4.69) is 37.6 Å². The lowest BCUT2D eigenvalue weighted by Gasteiger charge is -2.29. The Morgan fingerprint density at radius 2 is 0.647 bits per heavy atom. The van der Waals surface area contributed by atoms with Crippen LogP contribution >= 0.6 is 0 Å². The van der Waals surface area contributed by atoms with Gasteiger partial charge in [0.2, 0.25) is 11.8 Å². The molecule has 300 valence electrons. The predicted molar refractivity (Wildman–Crippen MR) is 223 cm³/mol. The van der Waals surface area contributed by atoms with Crippen LogP contribution in [-0.4, -0.2) is 36.1 Å². The van der Waals surface area contributed by atoms with E-state index in [4.69, 9.17) is 4.74 Å². The Bertz CT molecular complexity index is 735. The van der Waals surface area contributed by atoms with Crippen LogP contribution in [-0.2, 0) is 14.3 Å². The van der Waals surface area contributed by atoms with Crippen LogP contribution in [0.4, 0.5) is 0 Å². The van der Waals surface area contributed by atoms with Crippen LogP contribution in [0.5, 0.6) is 0 Å². The molecule has 0 aliphatic rings. The first kappa shape index (κ1) is 49.4. The summed E-state index contributed by atoms with van der Waals surface area (Å²) in [5.74, 6) is 0.125. The van der Waals surface area contributed by atoms with Crippen LogP contribution in [0.1, 0.15) is 233 Å². The Kier molecular flexibility index (Phi) is 36.9. The minimum Gasteiger partial charge on any atom is -0.363 e. The van der Waals surface area contributed by atoms with Gasteiger partial charge in [-0.3, -0.25) is 9.59 Å². The first-order valence-electron chi connectivity index (χ1n) is 22.4. The molecule has 0 saturated heterocycles. The van der Waals surface area contributed by atoms with Crippen molar-refractivity contribution in [3.05, 3.63) is 25.3 Å². The monoisotopic (exact) mass is 717 g/mol. The topological polar surface area (TPSA) is 67.4 Å². The molecule has 0 spiro atoms. The standard InChI is InChI=1S/C46H88N2O3/c1-7-11-13-15-17-19-21-23-25-27-29-31-33-35-37-39-45(49)47-41(5)43(9-3)51-44(10-4)42(6)48-46(50)40-38-36-34-32-30-28-26-24-22-20-18-16-14-12-8-2/h9-10,41-44H,3-4,7-8,11-40H2,1-2,5-6H3,(H,47,49)(H,48,50). The molecule has 0 aromatic carbocycles. The number of hydrogen-bond acceptors (Lipinski definition) is 3. The number of amides is 2. The third-order valence-corrected chi connectivity index (χ3v) is 10.6. The summed E-state index contributed by atoms with van der Waals surface area (Å²) in [6, 6.07) is -0.422. The molecule has 0 saturated carbocycles. The highest BCUT2D eigenvalue weighted by Crippen LogP contribution is 2.16. The fourth-order valence-corrected chi connectivity index (χ4v) is 7.07. The van der Waals surface area contributed by atoms with Crippen molar-refractivity contribution in [1.29, 1.82) is 0 Å². The average Bonchev–Trinajstić information content (AvgIpc) is 3.11. The van der Waals surface area contributed by atoms with E-state index in [1.807, 2.05) is 13.8 Å². The Morgan fingerprint density at radius 1 is 0.431 bits per heavy atom. The molecule has 4 atom stereocenters. The van der Waals surface area contributed by atoms with Gasteiger partial charge in [0.1, 0.15) is 0 Å². The fraction of sp³-hybridized carbons (Fsp3) is 0.870. The molecule has 0 aromatic heterocycles. The lowest BCUT2D eigenvalue weighted by Crippen LogP contribution is -2.47. The smallest absolute Gasteiger partial charge is 0.220 e. The number of hydrogen-bond donors (Lipinski definition) is 2. The van der Waals surface area contributed by atoms with E-state index in [0.29, 0.717) is 12.8 Å². The summed E-state index contributed by atoms with van der Waals surface area (Å²) in [6.07, 6.45) is 43.3. The van der Waals surface area contributed by atoms with E-state index < -0.39 is 0 Å². The molecule has 0 aromatic rings. The Labute approximate surface area is 318 Å². The van der Waals surface area contributed by atoms with Crippen molar-refractivity contribution >= 4 is 11.8 Å². The van der Waals surface area contributed by atoms with Crippen molar-refractivity contribution in [2.45, 2.75) is 257 Å². The molecule has 2 amide bonds. The van der Waals surface area contributed by atoms with Crippen LogP contribution in [0, 0.1) is 0 Å². The molecule has 0 heterocycles. The summed E-state index contributed by atoms with van der Waals surface area (Å²) in [7, 11) is 0. The molecule has 0 aliphatic heterocycles. The maximum atomic E-state index is 12.6. The second-order valence-electron chi connectivity index (χ2n) is 15.6. The van der Waals surface area contributed by atoms with E-state index in [0.717, 1.165) is 25.7 Å². The van der Waals surface area contributed by atoms with Gasteiger partial charge in [0.05, 0.1) is 24.3 Å². The summed E-state index contributed by atoms with van der Waals surface area (Å²) in [6.45, 7) is 16.4. The zero-order valence-corrected chi connectivity index (χ0v) is 34.7. The summed E-state index contributed by atoms with van der Waals surface area (Å²) in [5, 5.41) is 6.21. The normalized spacial score (nSPS) is 13.7. The van der Waals surface area contributed by atoms with Gasteiger partial charge in [-0.25, -0.2) is 0 Å². The molecule has 5 nitrogen and oxygen atoms in total. The third-order valence-electron chi connectivity index (χ3n) is 10.6. The van der Waals surface area contributed by atoms with Crippen molar-refractivity contribution in [2.75, 3.05) is 0 Å². The zero-order valence-electron chi connectivity index (χ0n) is 34.7. The van der Waals surface area contributed by atoms with E-state index in [1.165, 1.54) is 167 Å².